The molecule has 3 heteroatoms. The summed E-state index contributed by atoms with van der Waals surface area (Å²) in [6, 6.07) is 0. The van der Waals surface area contributed by atoms with Crippen LogP contribution in [0.15, 0.2) is 0 Å². The van der Waals surface area contributed by atoms with Crippen molar-refractivity contribution >= 4 is 19.8 Å². The molecule has 1 unspecified atom stereocenters. The molecule has 18 heavy (non-hydrogen) atoms. The smallest absolute Gasteiger partial charge is 0.123 e. The Balaban J connectivity index is 0.00000162. The predicted molar refractivity (Wildman–Crippen MR) is 79.0 cm³/mol. The summed E-state index contributed by atoms with van der Waals surface area (Å²) in [5, 5.41) is 10.5. The van der Waals surface area contributed by atoms with Crippen LogP contribution in [0.4, 0.5) is 0 Å². The Bertz CT molecular complexity index is 307. The van der Waals surface area contributed by atoms with E-state index in [1.165, 1.54) is 6.42 Å². The van der Waals surface area contributed by atoms with Crippen molar-refractivity contribution in [2.75, 3.05) is 0 Å². The molecule has 2 saturated carbocycles. The highest BCUT2D eigenvalue weighted by molar-refractivity contribution is 7.59. The maximum absolute atomic E-state index is 11.1. The molecule has 0 aromatic rings. The van der Waals surface area contributed by atoms with Crippen molar-refractivity contribution in [3.8, 4) is 0 Å². The number of hydrogen-bond donors (Lipinski definition) is 1. The Morgan fingerprint density at radius 3 is 2.61 bits per heavy atom. The first-order valence-electron chi connectivity index (χ1n) is 7.15. The van der Waals surface area contributed by atoms with Crippen LogP contribution in [0.1, 0.15) is 59.3 Å². The molecule has 1 N–H and O–H groups in total. The normalized spacial score (nSPS) is 44.9. The summed E-state index contributed by atoms with van der Waals surface area (Å²) in [7, 11) is 0. The van der Waals surface area contributed by atoms with Gasteiger partial charge in [0.05, 0.1) is 6.10 Å². The Kier molecular flexibility index (Phi) is 4.93. The molecule has 0 heterocycles. The minimum Gasteiger partial charge on any atom is -0.393 e. The van der Waals surface area contributed by atoms with E-state index in [2.05, 4.69) is 20.8 Å². The first kappa shape index (κ1) is 16.0. The van der Waals surface area contributed by atoms with Crippen LogP contribution in [0.2, 0.25) is 0 Å². The van der Waals surface area contributed by atoms with Gasteiger partial charge in [-0.05, 0) is 43.4 Å². The molecule has 0 radical (unpaired) electrons. The quantitative estimate of drug-likeness (QED) is 0.801. The van der Waals surface area contributed by atoms with Gasteiger partial charge in [0.15, 0.2) is 0 Å². The second kappa shape index (κ2) is 5.54. The molecule has 0 aromatic heterocycles. The van der Waals surface area contributed by atoms with E-state index in [1.807, 2.05) is 0 Å². The highest BCUT2D eigenvalue weighted by atomic mass is 32.1. The van der Waals surface area contributed by atoms with Gasteiger partial charge < -0.3 is 9.90 Å². The van der Waals surface area contributed by atoms with Crippen molar-refractivity contribution in [1.29, 1.82) is 0 Å². The highest BCUT2D eigenvalue weighted by Crippen LogP contribution is 2.66. The summed E-state index contributed by atoms with van der Waals surface area (Å²) < 4.78 is 0. The van der Waals surface area contributed by atoms with Gasteiger partial charge >= 0.3 is 0 Å². The van der Waals surface area contributed by atoms with E-state index in [1.54, 1.807) is 0 Å². The molecule has 5 atom stereocenters. The second-order valence-electron chi connectivity index (χ2n) is 6.48. The van der Waals surface area contributed by atoms with Crippen LogP contribution in [-0.4, -0.2) is 17.5 Å². The topological polar surface area (TPSA) is 37.3 Å². The zero-order valence-electron chi connectivity index (χ0n) is 11.9. The Morgan fingerprint density at radius 1 is 1.39 bits per heavy atom. The minimum absolute atomic E-state index is 0. The van der Waals surface area contributed by atoms with Gasteiger partial charge in [-0.3, -0.25) is 0 Å². The highest BCUT2D eigenvalue weighted by Gasteiger charge is 2.61. The Labute approximate surface area is 118 Å². The molecule has 0 amide bonds. The van der Waals surface area contributed by atoms with E-state index < -0.39 is 0 Å². The average molecular weight is 272 g/mol. The number of hydrogen-bond acceptors (Lipinski definition) is 2. The lowest BCUT2D eigenvalue weighted by atomic mass is 9.52. The van der Waals surface area contributed by atoms with Crippen LogP contribution in [-0.2, 0) is 4.79 Å². The molecule has 0 aromatic carbocycles. The van der Waals surface area contributed by atoms with Crippen LogP contribution in [0, 0.1) is 22.7 Å². The van der Waals surface area contributed by atoms with Gasteiger partial charge in [-0.15, -0.1) is 0 Å². The first-order valence-corrected chi connectivity index (χ1v) is 7.15. The predicted octanol–water partition coefficient (Wildman–Crippen LogP) is 3.29. The standard InChI is InChI=1S/C15H26O2.H2S/c1-4-15-9-7-12(11(2)10-16)14(15,3)8-5-6-13(15)17;/h10-13,17H,4-9H2,1-3H3;1H2/t11-,12-,13?,14-,15+;/m1./s1. The molecule has 0 bridgehead atoms. The summed E-state index contributed by atoms with van der Waals surface area (Å²) in [6.45, 7) is 6.59. The third kappa shape index (κ3) is 1.94. The fourth-order valence-corrected chi connectivity index (χ4v) is 5.06. The summed E-state index contributed by atoms with van der Waals surface area (Å²) in [6.07, 6.45) is 7.46. The number of aldehydes is 1. The molecule has 2 aliphatic carbocycles. The van der Waals surface area contributed by atoms with E-state index in [-0.39, 0.29) is 36.3 Å². The second-order valence-corrected chi connectivity index (χ2v) is 6.48. The third-order valence-electron chi connectivity index (χ3n) is 6.15. The van der Waals surface area contributed by atoms with Crippen LogP contribution >= 0.6 is 13.5 Å². The van der Waals surface area contributed by atoms with Gasteiger partial charge in [0.25, 0.3) is 0 Å². The van der Waals surface area contributed by atoms with Crippen LogP contribution in [0.25, 0.3) is 0 Å². The van der Waals surface area contributed by atoms with E-state index in [0.717, 1.165) is 38.4 Å². The van der Waals surface area contributed by atoms with Gasteiger partial charge in [0.1, 0.15) is 6.29 Å². The summed E-state index contributed by atoms with van der Waals surface area (Å²) in [4.78, 5) is 11.1. The maximum Gasteiger partial charge on any atom is 0.123 e. The van der Waals surface area contributed by atoms with Crippen molar-refractivity contribution in [3.05, 3.63) is 0 Å². The van der Waals surface area contributed by atoms with Gasteiger partial charge in [0.2, 0.25) is 0 Å². The van der Waals surface area contributed by atoms with Crippen molar-refractivity contribution < 1.29 is 9.90 Å². The van der Waals surface area contributed by atoms with Gasteiger partial charge in [-0.1, -0.05) is 27.2 Å². The molecule has 0 spiro atoms. The maximum atomic E-state index is 11.1. The van der Waals surface area contributed by atoms with Crippen molar-refractivity contribution in [2.24, 2.45) is 22.7 Å². The van der Waals surface area contributed by atoms with E-state index in [0.29, 0.717) is 5.92 Å². The Hall–Kier alpha value is -0.0200. The van der Waals surface area contributed by atoms with Crippen molar-refractivity contribution in [2.45, 2.75) is 65.4 Å². The third-order valence-corrected chi connectivity index (χ3v) is 6.15. The molecule has 0 aliphatic heterocycles. The Morgan fingerprint density at radius 2 is 2.06 bits per heavy atom. The molecule has 2 aliphatic rings. The fourth-order valence-electron chi connectivity index (χ4n) is 5.06. The molecular weight excluding hydrogens is 244 g/mol. The van der Waals surface area contributed by atoms with E-state index in [9.17, 15) is 9.90 Å². The largest absolute Gasteiger partial charge is 0.393 e. The fraction of sp³-hybridized carbons (Fsp3) is 0.933. The van der Waals surface area contributed by atoms with Crippen LogP contribution in [0.5, 0.6) is 0 Å². The van der Waals surface area contributed by atoms with E-state index >= 15 is 0 Å². The molecular formula is C15H28O2S. The summed E-state index contributed by atoms with van der Waals surface area (Å²) in [5.41, 5.74) is 0.243. The number of aliphatic hydroxyl groups is 1. The number of rotatable bonds is 3. The lowest BCUT2D eigenvalue weighted by molar-refractivity contribution is -0.124. The number of fused-ring (bicyclic) bond motifs is 1. The first-order chi connectivity index (χ1) is 8.02. The molecule has 2 nitrogen and oxygen atoms in total. The van der Waals surface area contributed by atoms with Gasteiger partial charge in [-0.25, -0.2) is 0 Å². The average Bonchev–Trinajstić information content (AvgIpc) is 2.63. The lowest BCUT2D eigenvalue weighted by Gasteiger charge is -2.53. The molecule has 106 valence electrons. The van der Waals surface area contributed by atoms with E-state index in [4.69, 9.17) is 0 Å². The zero-order chi connectivity index (χ0) is 12.7. The van der Waals surface area contributed by atoms with Gasteiger partial charge in [-0.2, -0.15) is 13.5 Å². The molecule has 2 fully saturated rings. The van der Waals surface area contributed by atoms with Gasteiger partial charge in [0, 0.05) is 11.3 Å². The number of aliphatic hydroxyl groups excluding tert-OH is 1. The SMILES string of the molecule is CC[C@@]12CC[C@H]([C@H](C)C=O)[C@@]1(C)CCCC2O.S. The number of carbonyl (C=O) groups is 1. The minimum atomic E-state index is -0.157. The van der Waals surface area contributed by atoms with Crippen molar-refractivity contribution in [1.82, 2.24) is 0 Å². The monoisotopic (exact) mass is 272 g/mol. The van der Waals surface area contributed by atoms with Crippen molar-refractivity contribution in [3.63, 3.8) is 0 Å². The number of carbonyl (C=O) groups excluding carboxylic acids is 1. The lowest BCUT2D eigenvalue weighted by Crippen LogP contribution is -2.51. The molecule has 0 saturated heterocycles. The summed E-state index contributed by atoms with van der Waals surface area (Å²) in [5.74, 6) is 0.605. The summed E-state index contributed by atoms with van der Waals surface area (Å²) >= 11 is 0. The van der Waals surface area contributed by atoms with Crippen LogP contribution in [0.3, 0.4) is 0 Å². The molecule has 2 rings (SSSR count). The van der Waals surface area contributed by atoms with Crippen LogP contribution < -0.4 is 0 Å². The zero-order valence-corrected chi connectivity index (χ0v) is 12.9.